The molecular weight excluding hydrogens is 306 g/mol. The van der Waals surface area contributed by atoms with E-state index < -0.39 is 5.41 Å². The van der Waals surface area contributed by atoms with Crippen LogP contribution in [0.4, 0.5) is 5.69 Å². The van der Waals surface area contributed by atoms with Crippen molar-refractivity contribution >= 4 is 11.6 Å². The molecule has 120 valence electrons. The van der Waals surface area contributed by atoms with E-state index in [-0.39, 0.29) is 23.2 Å². The third kappa shape index (κ3) is 1.41. The van der Waals surface area contributed by atoms with Gasteiger partial charge < -0.3 is 15.4 Å². The molecular formula is C17H15N5O2. The Morgan fingerprint density at radius 1 is 1.46 bits per heavy atom. The SMILES string of the molecule is CCN1C(=O)[C@@]2(C(C#N)=C(N)Oc3n[nH]c(C)c32)c2ccccc21. The quantitative estimate of drug-likeness (QED) is 0.826. The Kier molecular flexibility index (Phi) is 2.76. The number of nitrogens with zero attached hydrogens (tertiary/aromatic N) is 3. The molecule has 1 aromatic heterocycles. The lowest BCUT2D eigenvalue weighted by Crippen LogP contribution is -2.46. The first-order chi connectivity index (χ1) is 11.6. The number of amides is 1. The van der Waals surface area contributed by atoms with Gasteiger partial charge in [0.1, 0.15) is 17.1 Å². The highest BCUT2D eigenvalue weighted by Gasteiger charge is 2.60. The highest BCUT2D eigenvalue weighted by atomic mass is 16.5. The Bertz CT molecular complexity index is 952. The summed E-state index contributed by atoms with van der Waals surface area (Å²) in [5.74, 6) is -0.0533. The normalized spacial score (nSPS) is 21.5. The molecule has 3 N–H and O–H groups in total. The van der Waals surface area contributed by atoms with Crippen LogP contribution in [0.2, 0.25) is 0 Å². The summed E-state index contributed by atoms with van der Waals surface area (Å²) >= 11 is 0. The van der Waals surface area contributed by atoms with Crippen molar-refractivity contribution in [2.75, 3.05) is 11.4 Å². The molecule has 2 aromatic rings. The molecule has 1 spiro atoms. The van der Waals surface area contributed by atoms with Gasteiger partial charge in [-0.3, -0.25) is 9.89 Å². The second kappa shape index (κ2) is 4.61. The van der Waals surface area contributed by atoms with Crippen LogP contribution in [0.15, 0.2) is 35.7 Å². The number of nitrogens with one attached hydrogen (secondary N) is 1. The molecule has 4 rings (SSSR count). The fourth-order valence-electron chi connectivity index (χ4n) is 3.78. The number of hydrogen-bond donors (Lipinski definition) is 2. The number of anilines is 1. The van der Waals surface area contributed by atoms with Crippen LogP contribution in [-0.4, -0.2) is 22.6 Å². The van der Waals surface area contributed by atoms with Gasteiger partial charge in [0.25, 0.3) is 0 Å². The maximum absolute atomic E-state index is 13.5. The lowest BCUT2D eigenvalue weighted by molar-refractivity contribution is -0.120. The van der Waals surface area contributed by atoms with Gasteiger partial charge in [0.05, 0.1) is 5.56 Å². The van der Waals surface area contributed by atoms with E-state index in [4.69, 9.17) is 10.5 Å². The zero-order valence-corrected chi connectivity index (χ0v) is 13.3. The number of carbonyl (C=O) groups is 1. The summed E-state index contributed by atoms with van der Waals surface area (Å²) in [4.78, 5) is 15.2. The molecule has 0 radical (unpaired) electrons. The van der Waals surface area contributed by atoms with Gasteiger partial charge in [0.15, 0.2) is 0 Å². The zero-order chi connectivity index (χ0) is 17.1. The molecule has 24 heavy (non-hydrogen) atoms. The molecule has 0 fully saturated rings. The molecule has 2 aliphatic rings. The highest BCUT2D eigenvalue weighted by molar-refractivity contribution is 6.14. The second-order valence-electron chi connectivity index (χ2n) is 5.80. The van der Waals surface area contributed by atoms with Gasteiger partial charge in [-0.2, -0.15) is 5.26 Å². The predicted molar refractivity (Wildman–Crippen MR) is 86.0 cm³/mol. The van der Waals surface area contributed by atoms with Crippen molar-refractivity contribution in [1.82, 2.24) is 10.2 Å². The van der Waals surface area contributed by atoms with E-state index in [0.717, 1.165) is 11.3 Å². The Morgan fingerprint density at radius 2 is 2.21 bits per heavy atom. The summed E-state index contributed by atoms with van der Waals surface area (Å²) in [6.45, 7) is 4.19. The number of benzene rings is 1. The lowest BCUT2D eigenvalue weighted by atomic mass is 9.69. The maximum Gasteiger partial charge on any atom is 0.247 e. The Morgan fingerprint density at radius 3 is 2.92 bits per heavy atom. The Hall–Kier alpha value is -3.27. The number of fused-ring (bicyclic) bond motifs is 4. The van der Waals surface area contributed by atoms with Gasteiger partial charge >= 0.3 is 0 Å². The Balaban J connectivity index is 2.18. The van der Waals surface area contributed by atoms with E-state index >= 15 is 0 Å². The van der Waals surface area contributed by atoms with Crippen LogP contribution in [0.5, 0.6) is 5.88 Å². The summed E-state index contributed by atoms with van der Waals surface area (Å²) in [5, 5.41) is 16.7. The summed E-state index contributed by atoms with van der Waals surface area (Å²) in [7, 11) is 0. The molecule has 0 unspecified atom stereocenters. The largest absolute Gasteiger partial charge is 0.420 e. The predicted octanol–water partition coefficient (Wildman–Crippen LogP) is 1.46. The van der Waals surface area contributed by atoms with E-state index in [1.54, 1.807) is 11.8 Å². The first-order valence-corrected chi connectivity index (χ1v) is 7.62. The first kappa shape index (κ1) is 14.3. The van der Waals surface area contributed by atoms with E-state index in [9.17, 15) is 10.1 Å². The summed E-state index contributed by atoms with van der Waals surface area (Å²) in [6, 6.07) is 9.55. The molecule has 2 aliphatic heterocycles. The van der Waals surface area contributed by atoms with Gasteiger partial charge in [-0.15, -0.1) is 5.10 Å². The molecule has 7 nitrogen and oxygen atoms in total. The molecule has 7 heteroatoms. The molecule has 1 atom stereocenters. The first-order valence-electron chi connectivity index (χ1n) is 7.62. The van der Waals surface area contributed by atoms with Gasteiger partial charge in [-0.25, -0.2) is 0 Å². The van der Waals surface area contributed by atoms with Crippen LogP contribution in [0.3, 0.4) is 0 Å². The third-order valence-electron chi connectivity index (χ3n) is 4.71. The van der Waals surface area contributed by atoms with Crippen molar-refractivity contribution in [3.63, 3.8) is 0 Å². The number of aryl methyl sites for hydroxylation is 1. The molecule has 0 saturated carbocycles. The van der Waals surface area contributed by atoms with Crippen molar-refractivity contribution in [2.24, 2.45) is 5.73 Å². The van der Waals surface area contributed by atoms with E-state index in [1.165, 1.54) is 0 Å². The summed E-state index contributed by atoms with van der Waals surface area (Å²) in [5.41, 5.74) is 7.51. The van der Waals surface area contributed by atoms with Gasteiger partial charge in [0, 0.05) is 23.5 Å². The molecule has 0 aliphatic carbocycles. The minimum atomic E-state index is -1.31. The molecule has 3 heterocycles. The average molecular weight is 321 g/mol. The number of nitrogens with two attached hydrogens (primary N) is 1. The number of ether oxygens (including phenoxy) is 1. The molecule has 0 bridgehead atoms. The average Bonchev–Trinajstić information content (AvgIpc) is 3.05. The maximum atomic E-state index is 13.5. The van der Waals surface area contributed by atoms with Crippen molar-refractivity contribution in [3.8, 4) is 11.9 Å². The topological polar surface area (TPSA) is 108 Å². The van der Waals surface area contributed by atoms with Crippen molar-refractivity contribution in [3.05, 3.63) is 52.5 Å². The van der Waals surface area contributed by atoms with Gasteiger partial charge in [-0.05, 0) is 19.9 Å². The Labute approximate surface area is 138 Å². The summed E-state index contributed by atoms with van der Waals surface area (Å²) in [6.07, 6.45) is 0. The van der Waals surface area contributed by atoms with Gasteiger partial charge in [0.2, 0.25) is 17.7 Å². The number of rotatable bonds is 1. The van der Waals surface area contributed by atoms with E-state index in [1.807, 2.05) is 31.2 Å². The third-order valence-corrected chi connectivity index (χ3v) is 4.71. The smallest absolute Gasteiger partial charge is 0.247 e. The number of aromatic amines is 1. The number of carbonyl (C=O) groups excluding carboxylic acids is 1. The number of H-pyrrole nitrogens is 1. The van der Waals surface area contributed by atoms with Crippen molar-refractivity contribution < 1.29 is 9.53 Å². The fourth-order valence-corrected chi connectivity index (χ4v) is 3.78. The number of likely N-dealkylation sites (N-methyl/N-ethyl adjacent to an activating group) is 1. The number of nitriles is 1. The fraction of sp³-hybridized carbons (Fsp3) is 0.235. The van der Waals surface area contributed by atoms with Crippen LogP contribution >= 0.6 is 0 Å². The van der Waals surface area contributed by atoms with Gasteiger partial charge in [-0.1, -0.05) is 18.2 Å². The second-order valence-corrected chi connectivity index (χ2v) is 5.80. The molecule has 1 amide bonds. The van der Waals surface area contributed by atoms with E-state index in [0.29, 0.717) is 17.8 Å². The number of para-hydroxylation sites is 1. The lowest BCUT2D eigenvalue weighted by Gasteiger charge is -2.32. The minimum Gasteiger partial charge on any atom is -0.420 e. The van der Waals surface area contributed by atoms with Crippen LogP contribution in [0, 0.1) is 18.3 Å². The van der Waals surface area contributed by atoms with Crippen LogP contribution in [0.1, 0.15) is 23.7 Å². The minimum absolute atomic E-state index is 0.0855. The number of hydrogen-bond acceptors (Lipinski definition) is 5. The van der Waals surface area contributed by atoms with Crippen LogP contribution in [-0.2, 0) is 10.2 Å². The van der Waals surface area contributed by atoms with Crippen molar-refractivity contribution in [1.29, 1.82) is 5.26 Å². The van der Waals surface area contributed by atoms with Crippen LogP contribution < -0.4 is 15.4 Å². The highest BCUT2D eigenvalue weighted by Crippen LogP contribution is 2.55. The van der Waals surface area contributed by atoms with Crippen molar-refractivity contribution in [2.45, 2.75) is 19.3 Å². The zero-order valence-electron chi connectivity index (χ0n) is 13.3. The van der Waals surface area contributed by atoms with E-state index in [2.05, 4.69) is 16.3 Å². The molecule has 0 saturated heterocycles. The number of aromatic nitrogens is 2. The summed E-state index contributed by atoms with van der Waals surface area (Å²) < 4.78 is 5.50. The molecule has 1 aromatic carbocycles. The monoisotopic (exact) mass is 321 g/mol. The standard InChI is InChI=1S/C17H15N5O2/c1-3-22-12-7-5-4-6-10(12)17(16(22)23)11(8-18)14(19)24-15-13(17)9(2)20-21-15/h4-7H,3,19H2,1-2H3,(H,20,21)/t17-/m1/s1. The van der Waals surface area contributed by atoms with Crippen LogP contribution in [0.25, 0.3) is 0 Å².